The monoisotopic (exact) mass is 373 g/mol. The number of aromatic nitrogens is 1. The van der Waals surface area contributed by atoms with Gasteiger partial charge in [0.1, 0.15) is 5.75 Å². The van der Waals surface area contributed by atoms with Crippen LogP contribution in [-0.4, -0.2) is 56.0 Å². The molecule has 0 saturated carbocycles. The number of amides is 1. The first kappa shape index (κ1) is 18.0. The van der Waals surface area contributed by atoms with Crippen molar-refractivity contribution in [2.45, 2.75) is 38.5 Å². The molecule has 1 aromatic heterocycles. The number of halogens is 2. The minimum Gasteiger partial charge on any atom is -0.343 e. The van der Waals surface area contributed by atoms with Gasteiger partial charge in [-0.05, 0) is 36.3 Å². The number of sulfonamides is 1. The maximum atomic E-state index is 12.6. The van der Waals surface area contributed by atoms with Gasteiger partial charge in [0, 0.05) is 32.8 Å². The summed E-state index contributed by atoms with van der Waals surface area (Å²) in [5.74, 6) is -0.914. The van der Waals surface area contributed by atoms with Crippen LogP contribution in [0.1, 0.15) is 36.8 Å². The molecule has 138 valence electrons. The summed E-state index contributed by atoms with van der Waals surface area (Å²) in [4.78, 5) is 17.4. The second-order valence-corrected chi connectivity index (χ2v) is 8.44. The number of carbonyl (C=O) groups is 1. The molecule has 0 aromatic carbocycles. The lowest BCUT2D eigenvalue weighted by atomic mass is 9.87. The molecular weight excluding hydrogens is 352 g/mol. The lowest BCUT2D eigenvalue weighted by molar-refractivity contribution is -0.129. The number of hydrogen-bond donors (Lipinski definition) is 0. The van der Waals surface area contributed by atoms with Crippen molar-refractivity contribution >= 4 is 21.6 Å². The molecule has 25 heavy (non-hydrogen) atoms. The van der Waals surface area contributed by atoms with Crippen molar-refractivity contribution in [1.29, 1.82) is 0 Å². The maximum absolute atomic E-state index is 12.6. The Hall–Kier alpha value is -1.77. The van der Waals surface area contributed by atoms with Crippen LogP contribution >= 0.6 is 0 Å². The molecule has 3 heterocycles. The molecule has 1 fully saturated rings. The topological polar surface area (TPSA) is 70.6 Å². The molecule has 0 N–H and O–H groups in total. The van der Waals surface area contributed by atoms with Crippen LogP contribution in [0, 0.1) is 0 Å². The van der Waals surface area contributed by atoms with Gasteiger partial charge in [-0.1, -0.05) is 0 Å². The van der Waals surface area contributed by atoms with E-state index in [1.165, 1.54) is 6.20 Å². The molecule has 1 amide bonds. The maximum Gasteiger partial charge on any atom is 0.254 e. The van der Waals surface area contributed by atoms with E-state index in [0.717, 1.165) is 28.3 Å². The summed E-state index contributed by atoms with van der Waals surface area (Å²) in [6, 6.07) is 0. The van der Waals surface area contributed by atoms with Crippen molar-refractivity contribution in [1.82, 2.24) is 9.88 Å². The molecule has 3 rings (SSSR count). The molecule has 6 nitrogen and oxygen atoms in total. The normalized spacial score (nSPS) is 18.7. The van der Waals surface area contributed by atoms with E-state index in [0.29, 0.717) is 25.2 Å². The van der Waals surface area contributed by atoms with Gasteiger partial charge in [0.05, 0.1) is 11.9 Å². The average molecular weight is 373 g/mol. The van der Waals surface area contributed by atoms with Crippen LogP contribution < -0.4 is 4.31 Å². The van der Waals surface area contributed by atoms with E-state index in [1.807, 2.05) is 0 Å². The van der Waals surface area contributed by atoms with Gasteiger partial charge in [0.15, 0.2) is 0 Å². The summed E-state index contributed by atoms with van der Waals surface area (Å²) in [7, 11) is -4.05. The molecule has 0 aliphatic carbocycles. The highest BCUT2D eigenvalue weighted by Gasteiger charge is 2.35. The standard InChI is InChI=1S/C16H21F2N3O3S/c1-11(22)20-5-2-12(3-6-20)14-8-19-9-15-13(14)4-7-21(15)25(23,24)10-16(17)18/h8-9,12,16H,2-7,10H2,1H3. The first-order valence-corrected chi connectivity index (χ1v) is 9.91. The molecule has 2 aliphatic heterocycles. The fraction of sp³-hybridized carbons (Fsp3) is 0.625. The number of nitrogens with zero attached hydrogens (tertiary/aromatic N) is 3. The molecular formula is C16H21F2N3O3S. The van der Waals surface area contributed by atoms with Crippen LogP contribution in [0.2, 0.25) is 0 Å². The molecule has 0 spiro atoms. The third kappa shape index (κ3) is 3.61. The summed E-state index contributed by atoms with van der Waals surface area (Å²) < 4.78 is 50.6. The van der Waals surface area contributed by atoms with Gasteiger partial charge in [-0.25, -0.2) is 17.2 Å². The first-order chi connectivity index (χ1) is 11.8. The van der Waals surface area contributed by atoms with E-state index in [9.17, 15) is 22.0 Å². The van der Waals surface area contributed by atoms with Crippen molar-refractivity contribution in [3.63, 3.8) is 0 Å². The second-order valence-electron chi connectivity index (χ2n) is 6.50. The Morgan fingerprint density at radius 1 is 1.28 bits per heavy atom. The second kappa shape index (κ2) is 6.86. The number of carbonyl (C=O) groups excluding carboxylic acids is 1. The smallest absolute Gasteiger partial charge is 0.254 e. The van der Waals surface area contributed by atoms with E-state index < -0.39 is 22.2 Å². The van der Waals surface area contributed by atoms with Gasteiger partial charge in [0.25, 0.3) is 6.43 Å². The largest absolute Gasteiger partial charge is 0.343 e. The number of alkyl halides is 2. The van der Waals surface area contributed by atoms with Crippen molar-refractivity contribution < 1.29 is 22.0 Å². The lowest BCUT2D eigenvalue weighted by Crippen LogP contribution is -2.36. The highest BCUT2D eigenvalue weighted by Crippen LogP contribution is 2.38. The number of piperidine rings is 1. The first-order valence-electron chi connectivity index (χ1n) is 8.30. The quantitative estimate of drug-likeness (QED) is 0.806. The van der Waals surface area contributed by atoms with Gasteiger partial charge < -0.3 is 4.90 Å². The van der Waals surface area contributed by atoms with Gasteiger partial charge in [-0.15, -0.1) is 0 Å². The minimum atomic E-state index is -4.05. The summed E-state index contributed by atoms with van der Waals surface area (Å²) in [6.45, 7) is 3.05. The molecule has 0 unspecified atom stereocenters. The number of fused-ring (bicyclic) bond motifs is 1. The lowest BCUT2D eigenvalue weighted by Gasteiger charge is -2.32. The number of anilines is 1. The van der Waals surface area contributed by atoms with Crippen LogP contribution in [0.3, 0.4) is 0 Å². The Labute approximate surface area is 145 Å². The third-order valence-corrected chi connectivity index (χ3v) is 6.68. The van der Waals surface area contributed by atoms with E-state index in [1.54, 1.807) is 18.0 Å². The van der Waals surface area contributed by atoms with Crippen LogP contribution in [-0.2, 0) is 21.2 Å². The van der Waals surface area contributed by atoms with E-state index >= 15 is 0 Å². The van der Waals surface area contributed by atoms with Crippen LogP contribution in [0.5, 0.6) is 0 Å². The van der Waals surface area contributed by atoms with Gasteiger partial charge in [0.2, 0.25) is 15.9 Å². The van der Waals surface area contributed by atoms with Crippen molar-refractivity contribution in [3.8, 4) is 0 Å². The van der Waals surface area contributed by atoms with Crippen LogP contribution in [0.15, 0.2) is 12.4 Å². The van der Waals surface area contributed by atoms with Crippen molar-refractivity contribution in [3.05, 3.63) is 23.5 Å². The molecule has 0 radical (unpaired) electrons. The SMILES string of the molecule is CC(=O)N1CCC(c2cncc3c2CCN3S(=O)(=O)CC(F)F)CC1. The van der Waals surface area contributed by atoms with E-state index in [-0.39, 0.29) is 18.4 Å². The van der Waals surface area contributed by atoms with Crippen molar-refractivity contribution in [2.24, 2.45) is 0 Å². The van der Waals surface area contributed by atoms with Gasteiger partial charge in [-0.3, -0.25) is 14.1 Å². The fourth-order valence-corrected chi connectivity index (χ4v) is 5.03. The highest BCUT2D eigenvalue weighted by molar-refractivity contribution is 7.92. The summed E-state index contributed by atoms with van der Waals surface area (Å²) in [6.07, 6.45) is 2.38. The van der Waals surface area contributed by atoms with Crippen molar-refractivity contribution in [2.75, 3.05) is 29.7 Å². The summed E-state index contributed by atoms with van der Waals surface area (Å²) in [5.41, 5.74) is 2.29. The number of likely N-dealkylation sites (tertiary alicyclic amines) is 1. The minimum absolute atomic E-state index is 0.0548. The fourth-order valence-electron chi connectivity index (χ4n) is 3.71. The summed E-state index contributed by atoms with van der Waals surface area (Å²) in [5, 5.41) is 0. The molecule has 0 atom stereocenters. The Morgan fingerprint density at radius 2 is 1.96 bits per heavy atom. The van der Waals surface area contributed by atoms with E-state index in [4.69, 9.17) is 0 Å². The Bertz CT molecular complexity index is 762. The predicted molar refractivity (Wildman–Crippen MR) is 89.3 cm³/mol. The highest BCUT2D eigenvalue weighted by atomic mass is 32.2. The number of pyridine rings is 1. The van der Waals surface area contributed by atoms with Gasteiger partial charge in [-0.2, -0.15) is 0 Å². The Balaban J connectivity index is 1.83. The van der Waals surface area contributed by atoms with Crippen LogP contribution in [0.25, 0.3) is 0 Å². The predicted octanol–water partition coefficient (Wildman–Crippen LogP) is 1.76. The molecule has 2 aliphatic rings. The van der Waals surface area contributed by atoms with Gasteiger partial charge >= 0.3 is 0 Å². The van der Waals surface area contributed by atoms with Crippen LogP contribution in [0.4, 0.5) is 14.5 Å². The van der Waals surface area contributed by atoms with E-state index in [2.05, 4.69) is 4.98 Å². The Morgan fingerprint density at radius 3 is 2.56 bits per heavy atom. The zero-order valence-corrected chi connectivity index (χ0v) is 14.8. The zero-order chi connectivity index (χ0) is 18.2. The number of rotatable bonds is 4. The summed E-state index contributed by atoms with van der Waals surface area (Å²) >= 11 is 0. The molecule has 1 aromatic rings. The average Bonchev–Trinajstić information content (AvgIpc) is 2.98. The third-order valence-electron chi connectivity index (χ3n) is 4.95. The molecule has 9 heteroatoms. The zero-order valence-electron chi connectivity index (χ0n) is 14.0. The number of hydrogen-bond acceptors (Lipinski definition) is 4. The Kier molecular flexibility index (Phi) is 4.95. The molecule has 0 bridgehead atoms. The molecule has 1 saturated heterocycles.